The molecule has 2 aromatic heterocycles. The summed E-state index contributed by atoms with van der Waals surface area (Å²) in [6, 6.07) is 12.6. The Bertz CT molecular complexity index is 2560. The second-order valence-electron chi connectivity index (χ2n) is 21.8. The van der Waals surface area contributed by atoms with Gasteiger partial charge in [-0.05, 0) is 139 Å². The number of likely N-dealkylation sites (tertiary alicyclic amines) is 1. The summed E-state index contributed by atoms with van der Waals surface area (Å²) >= 11 is 0. The molecule has 386 valence electrons. The van der Waals surface area contributed by atoms with E-state index in [1.54, 1.807) is 37.4 Å². The molecule has 0 aliphatic carbocycles. The highest BCUT2D eigenvalue weighted by Gasteiger charge is 2.40. The van der Waals surface area contributed by atoms with Crippen LogP contribution in [0.4, 0.5) is 0 Å². The van der Waals surface area contributed by atoms with Crippen molar-refractivity contribution in [1.29, 1.82) is 0 Å². The Labute approximate surface area is 420 Å². The number of carbonyl (C=O) groups excluding carboxylic acids is 5. The van der Waals surface area contributed by atoms with Crippen LogP contribution < -0.4 is 10.7 Å². The van der Waals surface area contributed by atoms with Crippen LogP contribution in [0.3, 0.4) is 0 Å². The van der Waals surface area contributed by atoms with Crippen molar-refractivity contribution in [2.45, 2.75) is 131 Å². The molecule has 71 heavy (non-hydrogen) atoms. The SMILES string of the molecule is CCn1c(-c2cccnc2C(C)OC)c2c3cc(ccc31)-c1cc(O)cc(c1)CC(NC(=O)C(C(C)C)N(C)C(=O)C1CCN(C=O)C1)C(=O)N1CCC[C@H](N1)C(=O)OCC(C)(C)C2.CN(C)C(C)(C)C. The number of fused-ring (bicyclic) bond motifs is 6. The molecule has 3 aliphatic rings. The molecule has 6 bridgehead atoms. The first-order valence-electron chi connectivity index (χ1n) is 25.1. The van der Waals surface area contributed by atoms with Gasteiger partial charge in [-0.25, -0.2) is 5.43 Å². The number of likely N-dealkylation sites (N-methyl/N-ethyl adjacent to an activating group) is 1. The lowest BCUT2D eigenvalue weighted by Crippen LogP contribution is -2.62. The first kappa shape index (κ1) is 54.5. The van der Waals surface area contributed by atoms with Gasteiger partial charge in [0.1, 0.15) is 23.9 Å². The van der Waals surface area contributed by atoms with E-state index in [0.717, 1.165) is 51.0 Å². The summed E-state index contributed by atoms with van der Waals surface area (Å²) in [4.78, 5) is 78.1. The van der Waals surface area contributed by atoms with Gasteiger partial charge in [0.25, 0.3) is 5.91 Å². The number of pyridine rings is 1. The molecule has 2 saturated heterocycles. The Hall–Kier alpha value is -5.84. The van der Waals surface area contributed by atoms with Gasteiger partial charge in [-0.3, -0.25) is 34.0 Å². The molecular weight excluding hydrogens is 901 g/mol. The number of ether oxygens (including phenoxy) is 2. The fraction of sp³-hybridized carbons (Fsp3) is 0.564. The largest absolute Gasteiger partial charge is 0.508 e. The summed E-state index contributed by atoms with van der Waals surface area (Å²) in [6.45, 7) is 20.3. The molecule has 0 spiro atoms. The van der Waals surface area contributed by atoms with Crippen molar-refractivity contribution < 1.29 is 38.6 Å². The van der Waals surface area contributed by atoms with Gasteiger partial charge in [0.2, 0.25) is 18.2 Å². The Morgan fingerprint density at radius 1 is 1.04 bits per heavy atom. The zero-order valence-corrected chi connectivity index (χ0v) is 44.3. The zero-order chi connectivity index (χ0) is 52.1. The minimum Gasteiger partial charge on any atom is -0.508 e. The molecule has 3 aliphatic heterocycles. The van der Waals surface area contributed by atoms with Gasteiger partial charge in [-0.2, -0.15) is 0 Å². The van der Waals surface area contributed by atoms with Crippen molar-refractivity contribution in [1.82, 2.24) is 40.0 Å². The lowest BCUT2D eigenvalue weighted by atomic mass is 9.84. The van der Waals surface area contributed by atoms with Crippen LogP contribution in [-0.2, 0) is 52.8 Å². The van der Waals surface area contributed by atoms with E-state index in [9.17, 15) is 29.1 Å². The van der Waals surface area contributed by atoms with E-state index in [2.05, 4.69) is 94.0 Å². The molecule has 5 atom stereocenters. The predicted molar refractivity (Wildman–Crippen MR) is 276 cm³/mol. The maximum Gasteiger partial charge on any atom is 0.324 e. The van der Waals surface area contributed by atoms with Crippen molar-refractivity contribution in [3.8, 4) is 28.1 Å². The molecule has 3 N–H and O–H groups in total. The van der Waals surface area contributed by atoms with E-state index in [1.165, 1.54) is 9.91 Å². The van der Waals surface area contributed by atoms with Crippen LogP contribution in [0.5, 0.6) is 5.75 Å². The summed E-state index contributed by atoms with van der Waals surface area (Å²) in [6.07, 6.45) is 4.22. The third-order valence-corrected chi connectivity index (χ3v) is 14.4. The number of phenolic OH excluding ortho intramolecular Hbond substituents is 1. The van der Waals surface area contributed by atoms with Gasteiger partial charge in [-0.15, -0.1) is 0 Å². The average Bonchev–Trinajstić information content (AvgIpc) is 3.94. The molecule has 4 unspecified atom stereocenters. The minimum atomic E-state index is -1.15. The van der Waals surface area contributed by atoms with E-state index < -0.39 is 47.2 Å². The number of aromatic hydroxyl groups is 1. The fourth-order valence-corrected chi connectivity index (χ4v) is 9.76. The van der Waals surface area contributed by atoms with E-state index >= 15 is 0 Å². The van der Waals surface area contributed by atoms with Crippen LogP contribution in [0.15, 0.2) is 54.7 Å². The Morgan fingerprint density at radius 2 is 1.76 bits per heavy atom. The molecule has 2 aromatic carbocycles. The number of rotatable bonds is 10. The monoisotopic (exact) mass is 979 g/mol. The van der Waals surface area contributed by atoms with Crippen LogP contribution in [0, 0.1) is 17.3 Å². The molecule has 16 nitrogen and oxygen atoms in total. The van der Waals surface area contributed by atoms with Crippen molar-refractivity contribution in [2.75, 3.05) is 54.5 Å². The quantitative estimate of drug-likeness (QED) is 0.113. The van der Waals surface area contributed by atoms with Crippen molar-refractivity contribution in [3.63, 3.8) is 0 Å². The normalized spacial score (nSPS) is 20.5. The highest BCUT2D eigenvalue weighted by Crippen LogP contribution is 2.42. The zero-order valence-electron chi connectivity index (χ0n) is 44.3. The van der Waals surface area contributed by atoms with E-state index in [4.69, 9.17) is 14.5 Å². The molecule has 4 aromatic rings. The number of cyclic esters (lactones) is 1. The summed E-state index contributed by atoms with van der Waals surface area (Å²) < 4.78 is 14.2. The number of aryl methyl sites for hydroxylation is 1. The molecule has 4 amide bonds. The maximum absolute atomic E-state index is 14.7. The standard InChI is InChI=1S/C49H63N7O8.C6H15N/c1-9-55-41-15-14-32-24-37(41)38(44(55)36-12-10-17-50-42(36)30(4)63-8)25-49(5,6)27-64-48(62)39-13-11-18-56(52-39)47(61)40(22-31-20-34(32)23-35(58)21-31)51-45(59)43(29(2)3)53(7)46(60)33-16-19-54(26-33)28-57;1-6(2,3)7(4)5/h10,12,14-15,17,20-21,23-24,28-30,33,39-40,43,52,58H,9,11,13,16,18-19,22,25-27H2,1-8H3,(H,51,59);1-5H3/t30?,33?,39-,40?,43?;/m0./s1. The Balaban J connectivity index is 0.00000110. The molecule has 0 radical (unpaired) electrons. The number of nitrogens with zero attached hydrogens (tertiary/aromatic N) is 6. The second kappa shape index (κ2) is 22.7. The molecule has 16 heteroatoms. The molecule has 0 saturated carbocycles. The Morgan fingerprint density at radius 3 is 2.39 bits per heavy atom. The van der Waals surface area contributed by atoms with Crippen molar-refractivity contribution in [3.05, 3.63) is 71.5 Å². The van der Waals surface area contributed by atoms with E-state index in [-0.39, 0.29) is 49.8 Å². The van der Waals surface area contributed by atoms with Gasteiger partial charge >= 0.3 is 5.97 Å². The first-order chi connectivity index (χ1) is 33.5. The van der Waals surface area contributed by atoms with Gasteiger partial charge in [0.15, 0.2) is 0 Å². The molecule has 2 fully saturated rings. The number of esters is 1. The van der Waals surface area contributed by atoms with Gasteiger partial charge in [-0.1, -0.05) is 39.8 Å². The third kappa shape index (κ3) is 12.6. The van der Waals surface area contributed by atoms with E-state index in [0.29, 0.717) is 49.9 Å². The lowest BCUT2D eigenvalue weighted by molar-refractivity contribution is -0.155. The van der Waals surface area contributed by atoms with Crippen LogP contribution in [0.2, 0.25) is 0 Å². The second-order valence-corrected chi connectivity index (χ2v) is 21.8. The third-order valence-electron chi connectivity index (χ3n) is 14.4. The average molecular weight is 979 g/mol. The fourth-order valence-electron chi connectivity index (χ4n) is 9.76. The van der Waals surface area contributed by atoms with Gasteiger partial charge in [0.05, 0.1) is 30.0 Å². The molecular formula is C55H78N8O8. The topological polar surface area (TPSA) is 179 Å². The number of hydrogen-bond donors (Lipinski definition) is 3. The number of methoxy groups -OCH3 is 1. The number of carbonyl (C=O) groups is 5. The summed E-state index contributed by atoms with van der Waals surface area (Å²) in [5.74, 6) is -2.49. The predicted octanol–water partition coefficient (Wildman–Crippen LogP) is 6.76. The van der Waals surface area contributed by atoms with Crippen LogP contribution >= 0.6 is 0 Å². The number of benzene rings is 2. The minimum absolute atomic E-state index is 0.00181. The highest BCUT2D eigenvalue weighted by molar-refractivity contribution is 5.96. The number of phenols is 1. The lowest BCUT2D eigenvalue weighted by Gasteiger charge is -2.37. The van der Waals surface area contributed by atoms with Crippen LogP contribution in [-0.4, -0.2) is 143 Å². The van der Waals surface area contributed by atoms with Gasteiger partial charge in [0, 0.05) is 80.4 Å². The summed E-state index contributed by atoms with van der Waals surface area (Å²) in [7, 11) is 7.42. The number of aromatic nitrogens is 2. The summed E-state index contributed by atoms with van der Waals surface area (Å²) in [5, 5.41) is 16.7. The summed E-state index contributed by atoms with van der Waals surface area (Å²) in [5.41, 5.74) is 9.89. The highest BCUT2D eigenvalue weighted by atomic mass is 16.5. The number of nitrogens with one attached hydrogen (secondary N) is 2. The van der Waals surface area contributed by atoms with E-state index in [1.807, 2.05) is 39.0 Å². The number of hydrogen-bond acceptors (Lipinski definition) is 11. The number of hydrazine groups is 1. The van der Waals surface area contributed by atoms with Crippen molar-refractivity contribution in [2.24, 2.45) is 17.3 Å². The molecule has 7 rings (SSSR count). The van der Waals surface area contributed by atoms with Crippen LogP contribution in [0.25, 0.3) is 33.3 Å². The molecule has 5 heterocycles. The maximum atomic E-state index is 14.7. The van der Waals surface area contributed by atoms with Gasteiger partial charge < -0.3 is 39.2 Å². The number of amides is 4. The first-order valence-corrected chi connectivity index (χ1v) is 25.1. The van der Waals surface area contributed by atoms with Crippen molar-refractivity contribution >= 4 is 41.0 Å². The smallest absolute Gasteiger partial charge is 0.324 e. The Kier molecular flexibility index (Phi) is 17.4. The van der Waals surface area contributed by atoms with Crippen LogP contribution in [0.1, 0.15) is 105 Å².